The number of nitrogens with zero attached hydrogens (tertiary/aromatic N) is 2. The number of hydrogen-bond donors (Lipinski definition) is 1. The van der Waals surface area contributed by atoms with Crippen molar-refractivity contribution in [3.63, 3.8) is 0 Å². The van der Waals surface area contributed by atoms with Crippen molar-refractivity contribution in [2.75, 3.05) is 24.4 Å². The Bertz CT molecular complexity index is 507. The van der Waals surface area contributed by atoms with Crippen molar-refractivity contribution in [2.24, 2.45) is 0 Å². The zero-order valence-corrected chi connectivity index (χ0v) is 12.0. The Morgan fingerprint density at radius 2 is 2.17 bits per heavy atom. The molecule has 0 bridgehead atoms. The van der Waals surface area contributed by atoms with E-state index in [9.17, 15) is 8.42 Å². The van der Waals surface area contributed by atoms with Crippen molar-refractivity contribution in [1.82, 2.24) is 9.97 Å². The second-order valence-electron chi connectivity index (χ2n) is 4.06. The summed E-state index contributed by atoms with van der Waals surface area (Å²) in [5.41, 5.74) is 0. The van der Waals surface area contributed by atoms with Crippen LogP contribution in [0.4, 0.5) is 5.82 Å². The van der Waals surface area contributed by atoms with Gasteiger partial charge in [-0.25, -0.2) is 18.4 Å². The van der Waals surface area contributed by atoms with Gasteiger partial charge >= 0.3 is 0 Å². The zero-order chi connectivity index (χ0) is 13.8. The lowest BCUT2D eigenvalue weighted by Crippen LogP contribution is -2.25. The van der Waals surface area contributed by atoms with Gasteiger partial charge in [-0.15, -0.1) is 0 Å². The van der Waals surface area contributed by atoms with E-state index in [2.05, 4.69) is 15.3 Å². The van der Waals surface area contributed by atoms with E-state index >= 15 is 0 Å². The molecule has 18 heavy (non-hydrogen) atoms. The van der Waals surface area contributed by atoms with E-state index in [-0.39, 0.29) is 23.6 Å². The van der Waals surface area contributed by atoms with Crippen LogP contribution in [0.2, 0.25) is 5.15 Å². The van der Waals surface area contributed by atoms with Gasteiger partial charge in [-0.2, -0.15) is 0 Å². The van der Waals surface area contributed by atoms with Crippen molar-refractivity contribution in [3.8, 4) is 0 Å². The smallest absolute Gasteiger partial charge is 0.158 e. The average Bonchev–Trinajstić information content (AvgIpc) is 2.12. The third kappa shape index (κ3) is 5.61. The van der Waals surface area contributed by atoms with E-state index < -0.39 is 9.84 Å². The molecule has 0 aliphatic heterocycles. The lowest BCUT2D eigenvalue weighted by atomic mass is 10.4. The van der Waals surface area contributed by atoms with Gasteiger partial charge < -0.3 is 10.1 Å². The Balaban J connectivity index is 2.77. The molecule has 1 N–H and O–H groups in total. The third-order valence-electron chi connectivity index (χ3n) is 1.96. The van der Waals surface area contributed by atoms with E-state index in [0.717, 1.165) is 0 Å². The van der Waals surface area contributed by atoms with E-state index in [1.165, 1.54) is 13.4 Å². The number of aromatic nitrogens is 2. The zero-order valence-electron chi connectivity index (χ0n) is 10.5. The Kier molecular flexibility index (Phi) is 5.30. The van der Waals surface area contributed by atoms with E-state index in [0.29, 0.717) is 11.6 Å². The quantitative estimate of drug-likeness (QED) is 0.792. The fourth-order valence-corrected chi connectivity index (χ4v) is 2.67. The lowest BCUT2D eigenvalue weighted by Gasteiger charge is -2.14. The second kappa shape index (κ2) is 6.31. The van der Waals surface area contributed by atoms with E-state index in [1.807, 2.05) is 0 Å². The molecule has 6 nitrogen and oxygen atoms in total. The van der Waals surface area contributed by atoms with Gasteiger partial charge in [-0.05, 0) is 6.92 Å². The van der Waals surface area contributed by atoms with Gasteiger partial charge in [0, 0.05) is 25.5 Å². The number of halogens is 1. The van der Waals surface area contributed by atoms with Gasteiger partial charge in [0.2, 0.25) is 0 Å². The molecule has 0 aliphatic rings. The van der Waals surface area contributed by atoms with Crippen molar-refractivity contribution >= 4 is 27.3 Å². The summed E-state index contributed by atoms with van der Waals surface area (Å²) in [5.74, 6) is 0.950. The fraction of sp³-hybridized carbons (Fsp3) is 0.600. The summed E-state index contributed by atoms with van der Waals surface area (Å²) < 4.78 is 27.2. The fourth-order valence-electron chi connectivity index (χ4n) is 1.48. The molecule has 0 saturated heterocycles. The molecule has 0 spiro atoms. The van der Waals surface area contributed by atoms with Gasteiger partial charge in [0.1, 0.15) is 27.4 Å². The molecule has 102 valence electrons. The van der Waals surface area contributed by atoms with Gasteiger partial charge in [-0.1, -0.05) is 11.6 Å². The highest BCUT2D eigenvalue weighted by atomic mass is 35.5. The molecule has 1 aromatic heterocycles. The monoisotopic (exact) mass is 293 g/mol. The Morgan fingerprint density at radius 1 is 1.50 bits per heavy atom. The van der Waals surface area contributed by atoms with Crippen LogP contribution >= 0.6 is 11.6 Å². The van der Waals surface area contributed by atoms with Crippen molar-refractivity contribution in [2.45, 2.75) is 19.6 Å². The lowest BCUT2D eigenvalue weighted by molar-refractivity contribution is 0.178. The molecule has 0 aliphatic carbocycles. The summed E-state index contributed by atoms with van der Waals surface area (Å²) in [4.78, 5) is 8.14. The summed E-state index contributed by atoms with van der Waals surface area (Å²) in [5, 5.41) is 3.25. The molecule has 0 radical (unpaired) electrons. The Morgan fingerprint density at radius 3 is 2.72 bits per heavy atom. The SMILES string of the molecule is COCc1nc(Cl)cc(NC(C)CS(C)(=O)=O)n1. The maximum absolute atomic E-state index is 11.1. The minimum absolute atomic E-state index is 0.0221. The number of rotatable bonds is 6. The molecular formula is C10H16ClN3O3S. The summed E-state index contributed by atoms with van der Waals surface area (Å²) in [6, 6.07) is 1.28. The van der Waals surface area contributed by atoms with Crippen LogP contribution in [-0.2, 0) is 21.2 Å². The van der Waals surface area contributed by atoms with Gasteiger partial charge in [0.25, 0.3) is 0 Å². The molecule has 1 atom stereocenters. The number of nitrogens with one attached hydrogen (secondary N) is 1. The van der Waals surface area contributed by atoms with Gasteiger partial charge in [0.05, 0.1) is 5.75 Å². The molecule has 1 heterocycles. The highest BCUT2D eigenvalue weighted by Crippen LogP contribution is 2.13. The minimum Gasteiger partial charge on any atom is -0.377 e. The Labute approximate surface area is 112 Å². The first-order valence-electron chi connectivity index (χ1n) is 5.27. The van der Waals surface area contributed by atoms with Crippen molar-refractivity contribution in [3.05, 3.63) is 17.0 Å². The second-order valence-corrected chi connectivity index (χ2v) is 6.64. The van der Waals surface area contributed by atoms with Crippen LogP contribution in [0.25, 0.3) is 0 Å². The maximum atomic E-state index is 11.1. The summed E-state index contributed by atoms with van der Waals surface area (Å²) in [6.07, 6.45) is 1.19. The number of hydrogen-bond acceptors (Lipinski definition) is 6. The van der Waals surface area contributed by atoms with E-state index in [4.69, 9.17) is 16.3 Å². The highest BCUT2D eigenvalue weighted by Gasteiger charge is 2.12. The van der Waals surface area contributed by atoms with Crippen molar-refractivity contribution in [1.29, 1.82) is 0 Å². The molecule has 0 saturated carbocycles. The number of anilines is 1. The van der Waals surface area contributed by atoms with E-state index in [1.54, 1.807) is 13.0 Å². The first-order valence-corrected chi connectivity index (χ1v) is 7.70. The van der Waals surface area contributed by atoms with Crippen LogP contribution in [0.1, 0.15) is 12.7 Å². The summed E-state index contributed by atoms with van der Waals surface area (Å²) in [7, 11) is -1.51. The van der Waals surface area contributed by atoms with Crippen LogP contribution in [-0.4, -0.2) is 43.5 Å². The minimum atomic E-state index is -3.04. The predicted octanol–water partition coefficient (Wildman–Crippen LogP) is 1.12. The molecule has 1 aromatic rings. The molecule has 1 unspecified atom stereocenters. The first kappa shape index (κ1) is 15.1. The number of ether oxygens (including phenoxy) is 1. The molecule has 8 heteroatoms. The molecule has 1 rings (SSSR count). The van der Waals surface area contributed by atoms with Crippen LogP contribution < -0.4 is 5.32 Å². The van der Waals surface area contributed by atoms with Crippen molar-refractivity contribution < 1.29 is 13.2 Å². The van der Waals surface area contributed by atoms with Crippen LogP contribution in [0, 0.1) is 0 Å². The van der Waals surface area contributed by atoms with Crippen LogP contribution in [0.5, 0.6) is 0 Å². The van der Waals surface area contributed by atoms with Crippen LogP contribution in [0.3, 0.4) is 0 Å². The standard InChI is InChI=1S/C10H16ClN3O3S/c1-7(6-18(3,15)16)12-9-4-8(11)13-10(14-9)5-17-2/h4,7H,5-6H2,1-3H3,(H,12,13,14). The normalized spacial score (nSPS) is 13.3. The molecular weight excluding hydrogens is 278 g/mol. The predicted molar refractivity (Wildman–Crippen MR) is 70.6 cm³/mol. The first-order chi connectivity index (χ1) is 8.30. The number of methoxy groups -OCH3 is 1. The highest BCUT2D eigenvalue weighted by molar-refractivity contribution is 7.90. The summed E-state index contributed by atoms with van der Waals surface area (Å²) in [6.45, 7) is 2.00. The Hall–Kier alpha value is -0.920. The summed E-state index contributed by atoms with van der Waals surface area (Å²) >= 11 is 5.84. The van der Waals surface area contributed by atoms with Gasteiger partial charge in [0.15, 0.2) is 5.82 Å². The van der Waals surface area contributed by atoms with Crippen LogP contribution in [0.15, 0.2) is 6.07 Å². The molecule has 0 amide bonds. The third-order valence-corrected chi connectivity index (χ3v) is 3.26. The average molecular weight is 294 g/mol. The molecule has 0 fully saturated rings. The maximum Gasteiger partial charge on any atom is 0.158 e. The number of sulfone groups is 1. The largest absolute Gasteiger partial charge is 0.377 e. The topological polar surface area (TPSA) is 81.2 Å². The molecule has 0 aromatic carbocycles. The van der Waals surface area contributed by atoms with Gasteiger partial charge in [-0.3, -0.25) is 0 Å².